The number of hydrogen-bond acceptors (Lipinski definition) is 3. The first-order chi connectivity index (χ1) is 29.2. The zero-order valence-electron chi connectivity index (χ0n) is 32.2. The minimum Gasteiger partial charge on any atom is -0.310 e. The van der Waals surface area contributed by atoms with E-state index in [4.69, 9.17) is 0 Å². The molecule has 0 bridgehead atoms. The minimum atomic E-state index is 1.12. The second kappa shape index (κ2) is 14.8. The van der Waals surface area contributed by atoms with Gasteiger partial charge in [-0.3, -0.25) is 0 Å². The number of nitrogens with zero attached hydrogens (tertiary/aromatic N) is 2. The number of fused-ring (bicyclic) bond motifs is 5. The van der Waals surface area contributed by atoms with Crippen LogP contribution in [0.25, 0.3) is 64.0 Å². The Hall–Kier alpha value is -7.46. The summed E-state index contributed by atoms with van der Waals surface area (Å²) >= 11 is 1.88. The van der Waals surface area contributed by atoms with Crippen LogP contribution < -0.4 is 9.80 Å². The first kappa shape index (κ1) is 34.8. The Morgan fingerprint density at radius 2 is 0.559 bits per heavy atom. The average molecular weight is 771 g/mol. The SMILES string of the molecule is c1ccc(-c2ccc(N(c3ccccc3)c3ccc4cc5sc6cc7ccc(N(c8ccccc8)c8ccc(-c9ccccc9)cc8)cc7cc6c5cc4c3)cc2)cc1. The fraction of sp³-hybridized carbons (Fsp3) is 0. The molecule has 1 heterocycles. The van der Waals surface area contributed by atoms with Crippen molar-refractivity contribution in [3.8, 4) is 22.3 Å². The maximum atomic E-state index is 2.40. The second-order valence-corrected chi connectivity index (χ2v) is 16.1. The molecule has 1 aromatic heterocycles. The van der Waals surface area contributed by atoms with Gasteiger partial charge in [-0.25, -0.2) is 0 Å². The van der Waals surface area contributed by atoms with Crippen LogP contribution in [-0.2, 0) is 0 Å². The van der Waals surface area contributed by atoms with Crippen molar-refractivity contribution in [1.82, 2.24) is 0 Å². The van der Waals surface area contributed by atoms with Gasteiger partial charge in [0, 0.05) is 54.3 Å². The van der Waals surface area contributed by atoms with E-state index in [-0.39, 0.29) is 0 Å². The summed E-state index contributed by atoms with van der Waals surface area (Å²) in [6, 6.07) is 83.5. The van der Waals surface area contributed by atoms with Crippen molar-refractivity contribution in [2.75, 3.05) is 9.80 Å². The number of benzene rings is 10. The van der Waals surface area contributed by atoms with E-state index in [2.05, 4.69) is 240 Å². The molecule has 0 aliphatic rings. The number of rotatable bonds is 8. The van der Waals surface area contributed by atoms with Crippen molar-refractivity contribution in [2.45, 2.75) is 0 Å². The lowest BCUT2D eigenvalue weighted by Gasteiger charge is -2.26. The van der Waals surface area contributed by atoms with Gasteiger partial charge < -0.3 is 9.80 Å². The summed E-state index contributed by atoms with van der Waals surface area (Å²) in [7, 11) is 0. The Kier molecular flexibility index (Phi) is 8.72. The van der Waals surface area contributed by atoms with Crippen LogP contribution in [-0.4, -0.2) is 0 Å². The van der Waals surface area contributed by atoms with Gasteiger partial charge in [-0.1, -0.05) is 133 Å². The Balaban J connectivity index is 0.996. The molecule has 0 aliphatic carbocycles. The zero-order chi connectivity index (χ0) is 39.1. The summed E-state index contributed by atoms with van der Waals surface area (Å²) in [5, 5.41) is 7.50. The molecule has 11 rings (SSSR count). The number of anilines is 6. The normalized spacial score (nSPS) is 11.4. The maximum absolute atomic E-state index is 2.40. The van der Waals surface area contributed by atoms with Gasteiger partial charge in [-0.15, -0.1) is 11.3 Å². The van der Waals surface area contributed by atoms with Crippen LogP contribution in [0.5, 0.6) is 0 Å². The molecule has 2 nitrogen and oxygen atoms in total. The van der Waals surface area contributed by atoms with Crippen molar-refractivity contribution in [3.05, 3.63) is 231 Å². The first-order valence-corrected chi connectivity index (χ1v) is 20.9. The minimum absolute atomic E-state index is 1.12. The van der Waals surface area contributed by atoms with E-state index in [0.29, 0.717) is 0 Å². The molecule has 0 saturated heterocycles. The molecule has 59 heavy (non-hydrogen) atoms. The van der Waals surface area contributed by atoms with E-state index >= 15 is 0 Å². The number of para-hydroxylation sites is 2. The quantitative estimate of drug-likeness (QED) is 0.152. The molecule has 278 valence electrons. The molecule has 3 heteroatoms. The lowest BCUT2D eigenvalue weighted by atomic mass is 10.0. The van der Waals surface area contributed by atoms with Crippen LogP contribution in [0.4, 0.5) is 34.1 Å². The molecule has 0 spiro atoms. The van der Waals surface area contributed by atoms with Gasteiger partial charge in [0.1, 0.15) is 0 Å². The van der Waals surface area contributed by atoms with Crippen LogP contribution in [0, 0.1) is 0 Å². The van der Waals surface area contributed by atoms with Gasteiger partial charge in [0.25, 0.3) is 0 Å². The van der Waals surface area contributed by atoms with E-state index in [9.17, 15) is 0 Å². The van der Waals surface area contributed by atoms with Crippen molar-refractivity contribution >= 4 is 87.2 Å². The van der Waals surface area contributed by atoms with E-state index in [1.54, 1.807) is 0 Å². The fourth-order valence-corrected chi connectivity index (χ4v) is 9.60. The summed E-state index contributed by atoms with van der Waals surface area (Å²) in [5.41, 5.74) is 11.6. The van der Waals surface area contributed by atoms with Gasteiger partial charge in [0.15, 0.2) is 0 Å². The smallest absolute Gasteiger partial charge is 0.0468 e. The molecule has 0 fully saturated rings. The highest BCUT2D eigenvalue weighted by atomic mass is 32.1. The van der Waals surface area contributed by atoms with Crippen LogP contribution in [0.15, 0.2) is 231 Å². The predicted molar refractivity (Wildman–Crippen MR) is 255 cm³/mol. The van der Waals surface area contributed by atoms with Crippen LogP contribution in [0.3, 0.4) is 0 Å². The highest BCUT2D eigenvalue weighted by Gasteiger charge is 2.17. The molecule has 10 aromatic carbocycles. The van der Waals surface area contributed by atoms with E-state index in [1.807, 2.05) is 11.3 Å². The Morgan fingerprint density at radius 1 is 0.237 bits per heavy atom. The predicted octanol–water partition coefficient (Wildman–Crippen LogP) is 16.6. The summed E-state index contributed by atoms with van der Waals surface area (Å²) < 4.78 is 2.60. The van der Waals surface area contributed by atoms with Crippen LogP contribution in [0.2, 0.25) is 0 Å². The van der Waals surface area contributed by atoms with Crippen molar-refractivity contribution in [2.24, 2.45) is 0 Å². The molecule has 11 aromatic rings. The van der Waals surface area contributed by atoms with Crippen LogP contribution >= 0.6 is 11.3 Å². The molecular formula is C56H38N2S. The second-order valence-electron chi connectivity index (χ2n) is 15.0. The molecule has 0 unspecified atom stereocenters. The lowest BCUT2D eigenvalue weighted by molar-refractivity contribution is 1.29. The molecule has 0 radical (unpaired) electrons. The molecule has 0 amide bonds. The Bertz CT molecular complexity index is 3010. The van der Waals surface area contributed by atoms with Crippen molar-refractivity contribution < 1.29 is 0 Å². The van der Waals surface area contributed by atoms with Crippen molar-refractivity contribution in [3.63, 3.8) is 0 Å². The third-order valence-corrected chi connectivity index (χ3v) is 12.5. The third kappa shape index (κ3) is 6.58. The summed E-state index contributed by atoms with van der Waals surface area (Å²) in [5.74, 6) is 0. The van der Waals surface area contributed by atoms with E-state index in [1.165, 1.54) is 64.0 Å². The van der Waals surface area contributed by atoms with Gasteiger partial charge in [0.05, 0.1) is 0 Å². The van der Waals surface area contributed by atoms with Crippen molar-refractivity contribution in [1.29, 1.82) is 0 Å². The highest BCUT2D eigenvalue weighted by Crippen LogP contribution is 2.43. The zero-order valence-corrected chi connectivity index (χ0v) is 33.1. The standard InChI is InChI=1S/C56H38N2S/c1-5-13-39(14-6-1)41-21-27-49(28-22-41)57(47-17-9-3-10-18-47)51-31-25-43-37-55-53(35-45(43)33-51)54-36-46-34-52(32-26-44(46)38-56(54)59-55)58(48-19-11-4-12-20-48)50-29-23-42(24-30-50)40-15-7-2-8-16-40/h1-38H. The number of hydrogen-bond donors (Lipinski definition) is 0. The highest BCUT2D eigenvalue weighted by molar-refractivity contribution is 7.26. The summed E-state index contributed by atoms with van der Waals surface area (Å²) in [6.45, 7) is 0. The average Bonchev–Trinajstić information content (AvgIpc) is 3.65. The van der Waals surface area contributed by atoms with E-state index in [0.717, 1.165) is 34.1 Å². The number of thiophene rings is 1. The monoisotopic (exact) mass is 770 g/mol. The van der Waals surface area contributed by atoms with E-state index < -0.39 is 0 Å². The molecular weight excluding hydrogens is 733 g/mol. The van der Waals surface area contributed by atoms with Gasteiger partial charge in [0.2, 0.25) is 0 Å². The molecule has 0 N–H and O–H groups in total. The maximum Gasteiger partial charge on any atom is 0.0468 e. The van der Waals surface area contributed by atoms with Gasteiger partial charge >= 0.3 is 0 Å². The molecule has 0 atom stereocenters. The fourth-order valence-electron chi connectivity index (χ4n) is 8.43. The topological polar surface area (TPSA) is 6.48 Å². The summed E-state index contributed by atoms with van der Waals surface area (Å²) in [6.07, 6.45) is 0. The third-order valence-electron chi connectivity index (χ3n) is 11.4. The van der Waals surface area contributed by atoms with Crippen LogP contribution in [0.1, 0.15) is 0 Å². The molecule has 0 saturated carbocycles. The largest absolute Gasteiger partial charge is 0.310 e. The van der Waals surface area contributed by atoms with Gasteiger partial charge in [-0.2, -0.15) is 0 Å². The van der Waals surface area contributed by atoms with Gasteiger partial charge in [-0.05, 0) is 141 Å². The Labute approximate surface area is 348 Å². The summed E-state index contributed by atoms with van der Waals surface area (Å²) in [4.78, 5) is 4.71. The molecule has 0 aliphatic heterocycles. The first-order valence-electron chi connectivity index (χ1n) is 20.1. The lowest BCUT2D eigenvalue weighted by Crippen LogP contribution is -2.09. The Morgan fingerprint density at radius 3 is 0.949 bits per heavy atom.